The van der Waals surface area contributed by atoms with E-state index in [4.69, 9.17) is 21.6 Å². The molecule has 0 spiro atoms. The minimum atomic E-state index is -0.438. The van der Waals surface area contributed by atoms with Crippen molar-refractivity contribution in [2.24, 2.45) is 5.10 Å². The van der Waals surface area contributed by atoms with E-state index in [1.807, 2.05) is 32.9 Å². The van der Waals surface area contributed by atoms with E-state index in [9.17, 15) is 4.79 Å². The van der Waals surface area contributed by atoms with E-state index in [2.05, 4.69) is 41.9 Å². The lowest BCUT2D eigenvalue weighted by Gasteiger charge is -2.21. The van der Waals surface area contributed by atoms with E-state index in [0.717, 1.165) is 4.47 Å². The second-order valence-electron chi connectivity index (χ2n) is 7.46. The fourth-order valence-electron chi connectivity index (χ4n) is 2.79. The molecule has 3 aromatic rings. The van der Waals surface area contributed by atoms with Crippen LogP contribution in [-0.4, -0.2) is 22.5 Å². The molecule has 0 aliphatic heterocycles. The van der Waals surface area contributed by atoms with Gasteiger partial charge in [0.25, 0.3) is 5.56 Å². The third-order valence-electron chi connectivity index (χ3n) is 4.11. The van der Waals surface area contributed by atoms with Crippen molar-refractivity contribution in [2.45, 2.75) is 26.2 Å². The van der Waals surface area contributed by atoms with Crippen LogP contribution < -0.4 is 10.3 Å². The van der Waals surface area contributed by atoms with Crippen LogP contribution in [0.3, 0.4) is 0 Å². The summed E-state index contributed by atoms with van der Waals surface area (Å²) in [5, 5.41) is 14.2. The summed E-state index contributed by atoms with van der Waals surface area (Å²) in [4.78, 5) is 17.9. The Labute approximate surface area is 195 Å². The van der Waals surface area contributed by atoms with Crippen LogP contribution in [0.1, 0.15) is 32.2 Å². The van der Waals surface area contributed by atoms with E-state index < -0.39 is 5.41 Å². The molecule has 6 nitrogen and oxygen atoms in total. The molecule has 0 amide bonds. The lowest BCUT2D eigenvalue weighted by molar-refractivity contribution is 0.365. The van der Waals surface area contributed by atoms with Crippen LogP contribution in [0, 0.1) is 11.3 Å². The van der Waals surface area contributed by atoms with Gasteiger partial charge in [0, 0.05) is 20.5 Å². The van der Waals surface area contributed by atoms with Crippen LogP contribution in [-0.2, 0) is 5.41 Å². The van der Waals surface area contributed by atoms with Gasteiger partial charge in [0.2, 0.25) is 0 Å². The Bertz CT molecular complexity index is 1260. The quantitative estimate of drug-likeness (QED) is 0.392. The maximum absolute atomic E-state index is 13.2. The monoisotopic (exact) mass is 550 g/mol. The standard InChI is InChI=1S/C21H17Br2ClN4O2/c1-21(2,3)20-27-17-5-4-13(22)9-15(17)19(29)28(20)26-11-12-8-14(24)10-16(23)18(12)30-7-6-25/h4-5,8-11H,7H2,1-3H3. The molecule has 0 atom stereocenters. The first kappa shape index (κ1) is 22.5. The fraction of sp³-hybridized carbons (Fsp3) is 0.238. The van der Waals surface area contributed by atoms with Crippen LogP contribution in [0.25, 0.3) is 10.9 Å². The Morgan fingerprint density at radius 2 is 2.03 bits per heavy atom. The van der Waals surface area contributed by atoms with Crippen LogP contribution >= 0.6 is 43.5 Å². The van der Waals surface area contributed by atoms with Crippen molar-refractivity contribution < 1.29 is 4.74 Å². The van der Waals surface area contributed by atoms with Crippen molar-refractivity contribution in [3.05, 3.63) is 66.0 Å². The number of ether oxygens (including phenoxy) is 1. The molecule has 0 aliphatic carbocycles. The van der Waals surface area contributed by atoms with Crippen LogP contribution in [0.4, 0.5) is 0 Å². The first-order chi connectivity index (χ1) is 14.1. The highest BCUT2D eigenvalue weighted by molar-refractivity contribution is 9.10. The maximum atomic E-state index is 13.2. The molecule has 0 aliphatic rings. The molecule has 154 valence electrons. The van der Waals surface area contributed by atoms with E-state index >= 15 is 0 Å². The molecule has 0 radical (unpaired) electrons. The average molecular weight is 553 g/mol. The Hall–Kier alpha value is -2.21. The summed E-state index contributed by atoms with van der Waals surface area (Å²) in [5.74, 6) is 0.922. The first-order valence-corrected chi connectivity index (χ1v) is 10.8. The number of aromatic nitrogens is 2. The van der Waals surface area contributed by atoms with Gasteiger partial charge in [-0.2, -0.15) is 15.0 Å². The maximum Gasteiger partial charge on any atom is 0.282 e. The predicted octanol–water partition coefficient (Wildman–Crippen LogP) is 5.66. The molecule has 9 heteroatoms. The molecule has 2 aromatic carbocycles. The minimum absolute atomic E-state index is 0.139. The van der Waals surface area contributed by atoms with E-state index in [1.54, 1.807) is 24.3 Å². The lowest BCUT2D eigenvalue weighted by atomic mass is 9.95. The highest BCUT2D eigenvalue weighted by Gasteiger charge is 2.23. The third-order valence-corrected chi connectivity index (χ3v) is 5.41. The number of fused-ring (bicyclic) bond motifs is 1. The van der Waals surface area contributed by atoms with Crippen LogP contribution in [0.5, 0.6) is 5.75 Å². The Morgan fingerprint density at radius 3 is 2.70 bits per heavy atom. The van der Waals surface area contributed by atoms with Gasteiger partial charge in [0.15, 0.2) is 6.61 Å². The number of hydrogen-bond donors (Lipinski definition) is 0. The van der Waals surface area contributed by atoms with Gasteiger partial charge in [-0.3, -0.25) is 4.79 Å². The normalized spacial score (nSPS) is 11.8. The van der Waals surface area contributed by atoms with Gasteiger partial charge in [0.1, 0.15) is 17.6 Å². The molecule has 1 heterocycles. The lowest BCUT2D eigenvalue weighted by Crippen LogP contribution is -2.29. The number of nitriles is 1. The molecule has 0 saturated heterocycles. The van der Waals surface area contributed by atoms with Crippen molar-refractivity contribution in [1.82, 2.24) is 9.66 Å². The van der Waals surface area contributed by atoms with Crippen molar-refractivity contribution in [3.63, 3.8) is 0 Å². The van der Waals surface area contributed by atoms with E-state index in [1.165, 1.54) is 10.9 Å². The third kappa shape index (κ3) is 4.75. The van der Waals surface area contributed by atoms with E-state index in [-0.39, 0.29) is 12.2 Å². The number of halogens is 3. The average Bonchev–Trinajstić information content (AvgIpc) is 2.66. The van der Waals surface area contributed by atoms with Crippen molar-refractivity contribution in [1.29, 1.82) is 5.26 Å². The molecule has 0 N–H and O–H groups in total. The summed E-state index contributed by atoms with van der Waals surface area (Å²) in [7, 11) is 0. The molecular formula is C21H17Br2ClN4O2. The van der Waals surface area contributed by atoms with Crippen molar-refractivity contribution >= 4 is 60.6 Å². The molecule has 1 aromatic heterocycles. The zero-order valence-corrected chi connectivity index (χ0v) is 20.3. The molecule has 0 saturated carbocycles. The summed E-state index contributed by atoms with van der Waals surface area (Å²) in [6.45, 7) is 5.74. The summed E-state index contributed by atoms with van der Waals surface area (Å²) in [5.41, 5.74) is 0.393. The summed E-state index contributed by atoms with van der Waals surface area (Å²) >= 11 is 13.0. The van der Waals surface area contributed by atoms with Crippen molar-refractivity contribution in [2.75, 3.05) is 6.61 Å². The second-order valence-corrected chi connectivity index (χ2v) is 9.67. The number of nitrogens with zero attached hydrogens (tertiary/aromatic N) is 4. The predicted molar refractivity (Wildman–Crippen MR) is 126 cm³/mol. The Kier molecular flexibility index (Phi) is 6.65. The first-order valence-electron chi connectivity index (χ1n) is 8.88. The van der Waals surface area contributed by atoms with Crippen LogP contribution in [0.15, 0.2) is 49.2 Å². The number of benzene rings is 2. The number of rotatable bonds is 4. The summed E-state index contributed by atoms with van der Waals surface area (Å²) < 4.78 is 8.15. The van der Waals surface area contributed by atoms with E-state index in [0.29, 0.717) is 37.5 Å². The SMILES string of the molecule is CC(C)(C)c1nc2ccc(Br)cc2c(=O)n1N=Cc1cc(Cl)cc(Br)c1OCC#N. The second kappa shape index (κ2) is 8.88. The van der Waals surface area contributed by atoms with Gasteiger partial charge in [-0.1, -0.05) is 48.3 Å². The van der Waals surface area contributed by atoms with Gasteiger partial charge in [-0.25, -0.2) is 4.98 Å². The van der Waals surface area contributed by atoms with Gasteiger partial charge in [-0.15, -0.1) is 0 Å². The summed E-state index contributed by atoms with van der Waals surface area (Å²) in [6.07, 6.45) is 1.48. The minimum Gasteiger partial charge on any atom is -0.477 e. The molecule has 0 bridgehead atoms. The topological polar surface area (TPSA) is 80.3 Å². The van der Waals surface area contributed by atoms with Gasteiger partial charge < -0.3 is 4.74 Å². The molecule has 3 rings (SSSR count). The van der Waals surface area contributed by atoms with Gasteiger partial charge in [0.05, 0.1) is 21.6 Å². The van der Waals surface area contributed by atoms with Crippen molar-refractivity contribution in [3.8, 4) is 11.8 Å². The molecule has 30 heavy (non-hydrogen) atoms. The molecule has 0 unspecified atom stereocenters. The van der Waals surface area contributed by atoms with Crippen LogP contribution in [0.2, 0.25) is 5.02 Å². The Balaban J connectivity index is 2.23. The smallest absolute Gasteiger partial charge is 0.282 e. The molecular weight excluding hydrogens is 536 g/mol. The highest BCUT2D eigenvalue weighted by Crippen LogP contribution is 2.32. The zero-order valence-electron chi connectivity index (χ0n) is 16.4. The molecule has 0 fully saturated rings. The van der Waals surface area contributed by atoms with Gasteiger partial charge >= 0.3 is 0 Å². The van der Waals surface area contributed by atoms with Gasteiger partial charge in [-0.05, 0) is 46.3 Å². The fourth-order valence-corrected chi connectivity index (χ4v) is 4.10. The zero-order chi connectivity index (χ0) is 22.1. The Morgan fingerprint density at radius 1 is 1.30 bits per heavy atom. The summed E-state index contributed by atoms with van der Waals surface area (Å²) in [6, 6.07) is 10.6. The highest BCUT2D eigenvalue weighted by atomic mass is 79.9. The largest absolute Gasteiger partial charge is 0.477 e. The number of hydrogen-bond acceptors (Lipinski definition) is 5.